The van der Waals surface area contributed by atoms with Crippen LogP contribution in [0.2, 0.25) is 0 Å². The van der Waals surface area contributed by atoms with Gasteiger partial charge in [-0.05, 0) is 61.4 Å². The zero-order chi connectivity index (χ0) is 18.3. The number of carbonyl (C=O) groups is 1. The van der Waals surface area contributed by atoms with Gasteiger partial charge in [0.1, 0.15) is 5.82 Å². The highest BCUT2D eigenvalue weighted by molar-refractivity contribution is 5.96. The van der Waals surface area contributed by atoms with Gasteiger partial charge in [0.05, 0.1) is 5.92 Å². The molecule has 2 aromatic carbocycles. The largest absolute Gasteiger partial charge is 0.339 e. The number of anilines is 1. The van der Waals surface area contributed by atoms with E-state index in [1.54, 1.807) is 17.0 Å². The van der Waals surface area contributed by atoms with Crippen LogP contribution in [0, 0.1) is 19.7 Å². The van der Waals surface area contributed by atoms with E-state index in [4.69, 9.17) is 4.52 Å². The highest BCUT2D eigenvalue weighted by Crippen LogP contribution is 2.32. The zero-order valence-corrected chi connectivity index (χ0v) is 14.6. The Morgan fingerprint density at radius 1 is 1.12 bits per heavy atom. The van der Waals surface area contributed by atoms with Gasteiger partial charge in [-0.25, -0.2) is 4.39 Å². The van der Waals surface area contributed by atoms with Crippen molar-refractivity contribution in [3.05, 3.63) is 65.3 Å². The Morgan fingerprint density at radius 3 is 2.50 bits per heavy atom. The lowest BCUT2D eigenvalue weighted by Gasteiger charge is -2.17. The monoisotopic (exact) mass is 351 g/mol. The van der Waals surface area contributed by atoms with E-state index in [-0.39, 0.29) is 17.6 Å². The Kier molecular flexibility index (Phi) is 4.03. The van der Waals surface area contributed by atoms with Gasteiger partial charge in [0.25, 0.3) is 0 Å². The average molecular weight is 351 g/mol. The standard InChI is InChI=1S/C20H18FN3O2/c1-12-7-13(2)9-17(8-12)24-11-15(10-18(24)25)20-22-19(23-26-20)14-3-5-16(21)6-4-14/h3-9,15H,10-11H2,1-2H3. The minimum atomic E-state index is -0.317. The van der Waals surface area contributed by atoms with Crippen LogP contribution in [0.15, 0.2) is 47.0 Å². The van der Waals surface area contributed by atoms with Gasteiger partial charge >= 0.3 is 0 Å². The summed E-state index contributed by atoms with van der Waals surface area (Å²) in [6.07, 6.45) is 0.331. The quantitative estimate of drug-likeness (QED) is 0.715. The smallest absolute Gasteiger partial charge is 0.232 e. The number of nitrogens with zero attached hydrogens (tertiary/aromatic N) is 3. The van der Waals surface area contributed by atoms with E-state index < -0.39 is 0 Å². The van der Waals surface area contributed by atoms with Crippen LogP contribution in [0.25, 0.3) is 11.4 Å². The fraction of sp³-hybridized carbons (Fsp3) is 0.250. The maximum atomic E-state index is 13.1. The van der Waals surface area contributed by atoms with E-state index in [0.29, 0.717) is 30.2 Å². The van der Waals surface area contributed by atoms with E-state index in [0.717, 1.165) is 16.8 Å². The van der Waals surface area contributed by atoms with Crippen molar-refractivity contribution in [2.24, 2.45) is 0 Å². The Morgan fingerprint density at radius 2 is 1.81 bits per heavy atom. The first-order valence-electron chi connectivity index (χ1n) is 8.48. The topological polar surface area (TPSA) is 59.2 Å². The van der Waals surface area contributed by atoms with Gasteiger partial charge in [0, 0.05) is 24.2 Å². The van der Waals surface area contributed by atoms with Gasteiger partial charge in [0.15, 0.2) is 0 Å². The van der Waals surface area contributed by atoms with Crippen molar-refractivity contribution in [1.29, 1.82) is 0 Å². The molecule has 26 heavy (non-hydrogen) atoms. The summed E-state index contributed by atoms with van der Waals surface area (Å²) in [6.45, 7) is 4.54. The molecule has 0 radical (unpaired) electrons. The third kappa shape index (κ3) is 3.10. The second-order valence-electron chi connectivity index (χ2n) is 6.71. The average Bonchev–Trinajstić information content (AvgIpc) is 3.21. The number of benzene rings is 2. The van der Waals surface area contributed by atoms with E-state index in [9.17, 15) is 9.18 Å². The molecule has 1 amide bonds. The molecule has 1 fully saturated rings. The molecule has 3 aromatic rings. The first kappa shape index (κ1) is 16.4. The summed E-state index contributed by atoms with van der Waals surface area (Å²) in [7, 11) is 0. The molecule has 4 rings (SSSR count). The molecule has 1 aliphatic rings. The highest BCUT2D eigenvalue weighted by atomic mass is 19.1. The third-order valence-corrected chi connectivity index (χ3v) is 4.54. The van der Waals surface area contributed by atoms with E-state index in [1.165, 1.54) is 12.1 Å². The van der Waals surface area contributed by atoms with Gasteiger partial charge < -0.3 is 9.42 Å². The number of hydrogen-bond acceptors (Lipinski definition) is 4. The maximum absolute atomic E-state index is 13.1. The first-order valence-corrected chi connectivity index (χ1v) is 8.48. The van der Waals surface area contributed by atoms with Crippen LogP contribution in [-0.4, -0.2) is 22.6 Å². The van der Waals surface area contributed by atoms with Crippen molar-refractivity contribution in [3.63, 3.8) is 0 Å². The fourth-order valence-corrected chi connectivity index (χ4v) is 3.35. The number of rotatable bonds is 3. The molecule has 0 aliphatic carbocycles. The van der Waals surface area contributed by atoms with Crippen LogP contribution in [-0.2, 0) is 4.79 Å². The minimum absolute atomic E-state index is 0.0431. The predicted molar refractivity (Wildman–Crippen MR) is 95.3 cm³/mol. The Bertz CT molecular complexity index is 945. The summed E-state index contributed by atoms with van der Waals surface area (Å²) < 4.78 is 18.4. The normalized spacial score (nSPS) is 17.1. The van der Waals surface area contributed by atoms with Crippen LogP contribution >= 0.6 is 0 Å². The minimum Gasteiger partial charge on any atom is -0.339 e. The first-order chi connectivity index (χ1) is 12.5. The summed E-state index contributed by atoms with van der Waals surface area (Å²) >= 11 is 0. The van der Waals surface area contributed by atoms with Crippen LogP contribution in [0.1, 0.15) is 29.4 Å². The highest BCUT2D eigenvalue weighted by Gasteiger charge is 2.35. The van der Waals surface area contributed by atoms with Crippen molar-refractivity contribution >= 4 is 11.6 Å². The lowest BCUT2D eigenvalue weighted by atomic mass is 10.1. The molecule has 6 heteroatoms. The van der Waals surface area contributed by atoms with Crippen molar-refractivity contribution < 1.29 is 13.7 Å². The molecule has 132 valence electrons. The molecule has 1 aliphatic heterocycles. The van der Waals surface area contributed by atoms with Gasteiger partial charge in [-0.3, -0.25) is 4.79 Å². The molecule has 0 bridgehead atoms. The number of amides is 1. The molecule has 5 nitrogen and oxygen atoms in total. The van der Waals surface area contributed by atoms with Crippen molar-refractivity contribution in [1.82, 2.24) is 10.1 Å². The molecule has 1 atom stereocenters. The van der Waals surface area contributed by atoms with Gasteiger partial charge in [-0.15, -0.1) is 0 Å². The summed E-state index contributed by atoms with van der Waals surface area (Å²) in [5.74, 6) is 0.413. The molecule has 0 saturated carbocycles. The zero-order valence-electron chi connectivity index (χ0n) is 14.6. The van der Waals surface area contributed by atoms with Gasteiger partial charge in [-0.1, -0.05) is 11.2 Å². The van der Waals surface area contributed by atoms with Crippen molar-refractivity contribution in [3.8, 4) is 11.4 Å². The second-order valence-corrected chi connectivity index (χ2v) is 6.71. The Labute approximate surface area is 150 Å². The second kappa shape index (κ2) is 6.37. The van der Waals surface area contributed by atoms with E-state index >= 15 is 0 Å². The molecular formula is C20H18FN3O2. The lowest BCUT2D eigenvalue weighted by molar-refractivity contribution is -0.117. The lowest BCUT2D eigenvalue weighted by Crippen LogP contribution is -2.24. The van der Waals surface area contributed by atoms with Crippen LogP contribution in [0.3, 0.4) is 0 Å². The van der Waals surface area contributed by atoms with Gasteiger partial charge in [-0.2, -0.15) is 4.98 Å². The Balaban J connectivity index is 1.56. The van der Waals surface area contributed by atoms with Crippen LogP contribution in [0.4, 0.5) is 10.1 Å². The number of halogens is 1. The molecule has 1 saturated heterocycles. The van der Waals surface area contributed by atoms with Crippen LogP contribution < -0.4 is 4.90 Å². The van der Waals surface area contributed by atoms with E-state index in [1.807, 2.05) is 26.0 Å². The maximum Gasteiger partial charge on any atom is 0.232 e. The summed E-state index contributed by atoms with van der Waals surface area (Å²) in [6, 6.07) is 12.0. The summed E-state index contributed by atoms with van der Waals surface area (Å²) in [5.41, 5.74) is 3.81. The summed E-state index contributed by atoms with van der Waals surface area (Å²) in [4.78, 5) is 18.7. The molecule has 1 aromatic heterocycles. The van der Waals surface area contributed by atoms with Crippen molar-refractivity contribution in [2.75, 3.05) is 11.4 Å². The Hall–Kier alpha value is -3.02. The number of carbonyl (C=O) groups excluding carboxylic acids is 1. The van der Waals surface area contributed by atoms with E-state index in [2.05, 4.69) is 16.2 Å². The number of aryl methyl sites for hydroxylation is 2. The van der Waals surface area contributed by atoms with Gasteiger partial charge in [0.2, 0.25) is 17.6 Å². The fourth-order valence-electron chi connectivity index (χ4n) is 3.35. The molecule has 2 heterocycles. The molecule has 0 N–H and O–H groups in total. The molecular weight excluding hydrogens is 333 g/mol. The predicted octanol–water partition coefficient (Wildman–Crippen LogP) is 4.01. The third-order valence-electron chi connectivity index (χ3n) is 4.54. The SMILES string of the molecule is Cc1cc(C)cc(N2CC(c3nc(-c4ccc(F)cc4)no3)CC2=O)c1. The number of hydrogen-bond donors (Lipinski definition) is 0. The molecule has 0 spiro atoms. The molecule has 1 unspecified atom stereocenters. The van der Waals surface area contributed by atoms with Crippen molar-refractivity contribution in [2.45, 2.75) is 26.2 Å². The number of aromatic nitrogens is 2. The van der Waals surface area contributed by atoms with Crippen LogP contribution in [0.5, 0.6) is 0 Å². The summed E-state index contributed by atoms with van der Waals surface area (Å²) in [5, 5.41) is 3.97.